The highest BCUT2D eigenvalue weighted by Crippen LogP contribution is 2.45. The largest absolute Gasteiger partial charge is 0.508 e. The molecule has 1 unspecified atom stereocenters. The van der Waals surface area contributed by atoms with Gasteiger partial charge in [0, 0.05) is 22.7 Å². The SMILES string of the molecule is CCCCN1C(=O)c2[nH]nc(-c3cc(Cl)c(C)cc3O)c2C1c1cccc(O)c1. The fourth-order valence-corrected chi connectivity index (χ4v) is 4.02. The number of H-pyrrole nitrogens is 1. The molecule has 0 radical (unpaired) electrons. The summed E-state index contributed by atoms with van der Waals surface area (Å²) in [5.74, 6) is 0.0404. The average molecular weight is 412 g/mol. The van der Waals surface area contributed by atoms with E-state index >= 15 is 0 Å². The molecule has 7 heteroatoms. The van der Waals surface area contributed by atoms with Crippen LogP contribution in [0.5, 0.6) is 11.5 Å². The van der Waals surface area contributed by atoms with Gasteiger partial charge in [-0.15, -0.1) is 0 Å². The van der Waals surface area contributed by atoms with Gasteiger partial charge in [-0.25, -0.2) is 0 Å². The predicted molar refractivity (Wildman–Crippen MR) is 111 cm³/mol. The molecule has 2 aromatic carbocycles. The van der Waals surface area contributed by atoms with E-state index in [2.05, 4.69) is 17.1 Å². The van der Waals surface area contributed by atoms with Crippen LogP contribution in [0.25, 0.3) is 11.3 Å². The van der Waals surface area contributed by atoms with Gasteiger partial charge in [0.1, 0.15) is 22.9 Å². The Morgan fingerprint density at radius 3 is 2.76 bits per heavy atom. The van der Waals surface area contributed by atoms with Crippen molar-refractivity contribution in [3.05, 3.63) is 63.8 Å². The second-order valence-electron chi connectivity index (χ2n) is 7.33. The standard InChI is InChI=1S/C22H22ClN3O3/c1-3-4-8-26-21(13-6-5-7-14(27)10-13)18-19(24-25-20(18)22(26)29)15-11-16(23)12(2)9-17(15)28/h5-7,9-11,21,27-28H,3-4,8H2,1-2H3,(H,24,25). The maximum atomic E-state index is 13.1. The normalized spacial score (nSPS) is 15.8. The van der Waals surface area contributed by atoms with Gasteiger partial charge in [0.05, 0.1) is 6.04 Å². The zero-order valence-electron chi connectivity index (χ0n) is 16.2. The number of hydrogen-bond donors (Lipinski definition) is 3. The van der Waals surface area contributed by atoms with E-state index < -0.39 is 6.04 Å². The van der Waals surface area contributed by atoms with Crippen LogP contribution < -0.4 is 0 Å². The lowest BCUT2D eigenvalue weighted by Gasteiger charge is -2.26. The number of aromatic amines is 1. The molecule has 0 bridgehead atoms. The van der Waals surface area contributed by atoms with Crippen LogP contribution in [-0.2, 0) is 0 Å². The summed E-state index contributed by atoms with van der Waals surface area (Å²) in [5.41, 5.74) is 3.58. The predicted octanol–water partition coefficient (Wildman–Crippen LogP) is 4.80. The van der Waals surface area contributed by atoms with E-state index in [0.717, 1.165) is 24.0 Å². The van der Waals surface area contributed by atoms with Crippen LogP contribution in [-0.4, -0.2) is 37.8 Å². The Morgan fingerprint density at radius 2 is 2.03 bits per heavy atom. The summed E-state index contributed by atoms with van der Waals surface area (Å²) in [6.45, 7) is 4.47. The van der Waals surface area contributed by atoms with Crippen molar-refractivity contribution < 1.29 is 15.0 Å². The fraction of sp³-hybridized carbons (Fsp3) is 0.273. The lowest BCUT2D eigenvalue weighted by Crippen LogP contribution is -2.30. The van der Waals surface area contributed by atoms with Gasteiger partial charge in [-0.2, -0.15) is 5.10 Å². The Morgan fingerprint density at radius 1 is 1.24 bits per heavy atom. The summed E-state index contributed by atoms with van der Waals surface area (Å²) >= 11 is 6.29. The summed E-state index contributed by atoms with van der Waals surface area (Å²) in [7, 11) is 0. The number of carbonyl (C=O) groups is 1. The number of hydrogen-bond acceptors (Lipinski definition) is 4. The van der Waals surface area contributed by atoms with Crippen molar-refractivity contribution in [1.82, 2.24) is 15.1 Å². The number of carbonyl (C=O) groups excluding carboxylic acids is 1. The first-order chi connectivity index (χ1) is 13.9. The van der Waals surface area contributed by atoms with Crippen molar-refractivity contribution in [1.29, 1.82) is 0 Å². The Balaban J connectivity index is 1.91. The molecule has 3 N–H and O–H groups in total. The third kappa shape index (κ3) is 3.23. The summed E-state index contributed by atoms with van der Waals surface area (Å²) in [5, 5.41) is 28.3. The second kappa shape index (κ2) is 7.44. The Kier molecular flexibility index (Phi) is 4.96. The fourth-order valence-electron chi connectivity index (χ4n) is 3.86. The van der Waals surface area contributed by atoms with E-state index in [1.54, 1.807) is 35.2 Å². The molecule has 1 atom stereocenters. The summed E-state index contributed by atoms with van der Waals surface area (Å²) < 4.78 is 0. The monoisotopic (exact) mass is 411 g/mol. The zero-order chi connectivity index (χ0) is 20.7. The topological polar surface area (TPSA) is 89.5 Å². The molecule has 1 aromatic heterocycles. The number of aryl methyl sites for hydroxylation is 1. The first-order valence-corrected chi connectivity index (χ1v) is 9.97. The number of phenols is 2. The first-order valence-electron chi connectivity index (χ1n) is 9.60. The van der Waals surface area contributed by atoms with Gasteiger partial charge in [-0.3, -0.25) is 9.89 Å². The van der Waals surface area contributed by atoms with Crippen molar-refractivity contribution in [3.8, 4) is 22.8 Å². The van der Waals surface area contributed by atoms with E-state index in [-0.39, 0.29) is 17.4 Å². The second-order valence-corrected chi connectivity index (χ2v) is 7.74. The van der Waals surface area contributed by atoms with Gasteiger partial charge in [0.15, 0.2) is 0 Å². The number of aromatic nitrogens is 2. The maximum absolute atomic E-state index is 13.1. The minimum absolute atomic E-state index is 0.0512. The van der Waals surface area contributed by atoms with E-state index in [9.17, 15) is 15.0 Å². The van der Waals surface area contributed by atoms with E-state index in [1.165, 1.54) is 0 Å². The highest BCUT2D eigenvalue weighted by atomic mass is 35.5. The Labute approximate surface area is 173 Å². The van der Waals surface area contributed by atoms with Gasteiger partial charge >= 0.3 is 0 Å². The number of halogens is 1. The van der Waals surface area contributed by atoms with E-state index in [1.807, 2.05) is 13.0 Å². The van der Waals surface area contributed by atoms with E-state index in [4.69, 9.17) is 11.6 Å². The molecule has 6 nitrogen and oxygen atoms in total. The quantitative estimate of drug-likeness (QED) is 0.562. The van der Waals surface area contributed by atoms with Crippen LogP contribution in [0.4, 0.5) is 0 Å². The van der Waals surface area contributed by atoms with E-state index in [0.29, 0.717) is 34.1 Å². The number of nitrogens with one attached hydrogen (secondary N) is 1. The third-order valence-corrected chi connectivity index (χ3v) is 5.74. The summed E-state index contributed by atoms with van der Waals surface area (Å²) in [6, 6.07) is 9.74. The smallest absolute Gasteiger partial charge is 0.273 e. The van der Waals surface area contributed by atoms with Crippen molar-refractivity contribution >= 4 is 17.5 Å². The molecule has 0 aliphatic carbocycles. The Hall–Kier alpha value is -2.99. The number of amides is 1. The molecule has 1 aliphatic rings. The number of phenolic OH excluding ortho intramolecular Hbond substituents is 2. The van der Waals surface area contributed by atoms with Crippen LogP contribution in [0.3, 0.4) is 0 Å². The van der Waals surface area contributed by atoms with Crippen molar-refractivity contribution in [3.63, 3.8) is 0 Å². The number of rotatable bonds is 5. The lowest BCUT2D eigenvalue weighted by molar-refractivity contribution is 0.0741. The number of unbranched alkanes of at least 4 members (excludes halogenated alkanes) is 1. The van der Waals surface area contributed by atoms with Crippen LogP contribution >= 0.6 is 11.6 Å². The van der Waals surface area contributed by atoms with Crippen molar-refractivity contribution in [2.75, 3.05) is 6.54 Å². The molecular formula is C22H22ClN3O3. The van der Waals surface area contributed by atoms with Crippen molar-refractivity contribution in [2.24, 2.45) is 0 Å². The molecule has 3 aromatic rings. The molecule has 4 rings (SSSR count). The minimum atomic E-state index is -0.413. The molecule has 150 valence electrons. The van der Waals surface area contributed by atoms with Gasteiger partial charge in [-0.1, -0.05) is 37.1 Å². The third-order valence-electron chi connectivity index (χ3n) is 5.33. The number of benzene rings is 2. The molecule has 0 saturated carbocycles. The maximum Gasteiger partial charge on any atom is 0.273 e. The zero-order valence-corrected chi connectivity index (χ0v) is 17.0. The lowest BCUT2D eigenvalue weighted by atomic mass is 9.95. The van der Waals surface area contributed by atoms with Crippen molar-refractivity contribution in [2.45, 2.75) is 32.7 Å². The minimum Gasteiger partial charge on any atom is -0.508 e. The molecule has 2 heterocycles. The van der Waals surface area contributed by atoms with Gasteiger partial charge in [0.25, 0.3) is 5.91 Å². The van der Waals surface area contributed by atoms with Crippen LogP contribution in [0, 0.1) is 6.92 Å². The van der Waals surface area contributed by atoms with Gasteiger partial charge in [0.2, 0.25) is 0 Å². The molecule has 1 aliphatic heterocycles. The summed E-state index contributed by atoms with van der Waals surface area (Å²) in [6.07, 6.45) is 1.81. The molecule has 0 saturated heterocycles. The number of fused-ring (bicyclic) bond motifs is 1. The highest BCUT2D eigenvalue weighted by Gasteiger charge is 2.42. The van der Waals surface area contributed by atoms with Crippen LogP contribution in [0.1, 0.15) is 53.0 Å². The summed E-state index contributed by atoms with van der Waals surface area (Å²) in [4.78, 5) is 14.9. The number of nitrogens with zero attached hydrogens (tertiary/aromatic N) is 2. The van der Waals surface area contributed by atoms with Gasteiger partial charge < -0.3 is 15.1 Å². The van der Waals surface area contributed by atoms with Crippen LogP contribution in [0.15, 0.2) is 36.4 Å². The first kappa shape index (κ1) is 19.3. The number of aromatic hydroxyl groups is 2. The van der Waals surface area contributed by atoms with Crippen LogP contribution in [0.2, 0.25) is 5.02 Å². The Bertz CT molecular complexity index is 1090. The van der Waals surface area contributed by atoms with Gasteiger partial charge in [-0.05, 0) is 48.7 Å². The highest BCUT2D eigenvalue weighted by molar-refractivity contribution is 6.31. The molecule has 29 heavy (non-hydrogen) atoms. The molecule has 0 fully saturated rings. The molecular weight excluding hydrogens is 390 g/mol. The molecule has 0 spiro atoms. The molecule has 1 amide bonds. The average Bonchev–Trinajstić information content (AvgIpc) is 3.22.